The summed E-state index contributed by atoms with van der Waals surface area (Å²) < 4.78 is 28.5. The fourth-order valence-corrected chi connectivity index (χ4v) is 0.512. The Balaban J connectivity index is 4.00. The lowest BCUT2D eigenvalue weighted by Gasteiger charge is -2.06. The molecule has 0 N–H and O–H groups in total. The molecule has 0 heterocycles. The number of rotatable bonds is 4. The Morgan fingerprint density at radius 3 is 1.64 bits per heavy atom. The maximum absolute atomic E-state index is 11.9. The number of hydrogen-bond acceptors (Lipinski definition) is 1. The van der Waals surface area contributed by atoms with Crippen LogP contribution in [0.4, 0.5) is 8.78 Å². The van der Waals surface area contributed by atoms with Crippen LogP contribution in [0.25, 0.3) is 0 Å². The molecule has 0 atom stereocenters. The van der Waals surface area contributed by atoms with Gasteiger partial charge >= 0.3 is 0 Å². The standard InChI is InChI=1S/C8H12F2O/c1-3-7(5-9)11-8(4-2)6-10/h5-6H,3-4H2,1-2H3. The highest BCUT2D eigenvalue weighted by Gasteiger charge is 1.99. The van der Waals surface area contributed by atoms with Gasteiger partial charge in [-0.25, -0.2) is 8.78 Å². The van der Waals surface area contributed by atoms with Gasteiger partial charge in [-0.15, -0.1) is 0 Å². The molecule has 64 valence electrons. The molecule has 0 bridgehead atoms. The summed E-state index contributed by atoms with van der Waals surface area (Å²) >= 11 is 0. The molecule has 0 spiro atoms. The topological polar surface area (TPSA) is 9.23 Å². The van der Waals surface area contributed by atoms with Crippen LogP contribution in [0.15, 0.2) is 24.2 Å². The summed E-state index contributed by atoms with van der Waals surface area (Å²) in [5.74, 6) is 0.298. The van der Waals surface area contributed by atoms with Gasteiger partial charge in [0.1, 0.15) is 24.2 Å². The zero-order valence-corrected chi connectivity index (χ0v) is 6.73. The van der Waals surface area contributed by atoms with Gasteiger partial charge in [0, 0.05) is 12.8 Å². The second kappa shape index (κ2) is 5.89. The number of hydrogen-bond donors (Lipinski definition) is 0. The smallest absolute Gasteiger partial charge is 0.132 e. The molecule has 0 unspecified atom stereocenters. The highest BCUT2D eigenvalue weighted by molar-refractivity contribution is 4.95. The zero-order chi connectivity index (χ0) is 8.69. The van der Waals surface area contributed by atoms with Crippen molar-refractivity contribution >= 4 is 0 Å². The third kappa shape index (κ3) is 3.75. The van der Waals surface area contributed by atoms with E-state index in [1.807, 2.05) is 0 Å². The Morgan fingerprint density at radius 1 is 1.09 bits per heavy atom. The summed E-state index contributed by atoms with van der Waals surface area (Å²) in [5.41, 5.74) is 0. The second-order valence-corrected chi connectivity index (χ2v) is 1.96. The summed E-state index contributed by atoms with van der Waals surface area (Å²) in [6, 6.07) is 0. The van der Waals surface area contributed by atoms with E-state index in [1.165, 1.54) is 0 Å². The van der Waals surface area contributed by atoms with E-state index >= 15 is 0 Å². The Morgan fingerprint density at radius 2 is 1.45 bits per heavy atom. The predicted octanol–water partition coefficient (Wildman–Crippen LogP) is 3.44. The van der Waals surface area contributed by atoms with Crippen molar-refractivity contribution in [3.05, 3.63) is 24.2 Å². The van der Waals surface area contributed by atoms with Crippen molar-refractivity contribution in [3.8, 4) is 0 Å². The van der Waals surface area contributed by atoms with E-state index in [-0.39, 0.29) is 11.5 Å². The van der Waals surface area contributed by atoms with Crippen LogP contribution in [0.2, 0.25) is 0 Å². The predicted molar refractivity (Wildman–Crippen MR) is 40.0 cm³/mol. The fourth-order valence-electron chi connectivity index (χ4n) is 0.512. The lowest BCUT2D eigenvalue weighted by atomic mass is 10.4. The Kier molecular flexibility index (Phi) is 5.43. The van der Waals surface area contributed by atoms with Gasteiger partial charge in [-0.1, -0.05) is 13.8 Å². The molecular formula is C8H12F2O. The van der Waals surface area contributed by atoms with E-state index in [9.17, 15) is 8.78 Å². The Bertz CT molecular complexity index is 143. The van der Waals surface area contributed by atoms with Gasteiger partial charge < -0.3 is 4.74 Å². The maximum atomic E-state index is 11.9. The second-order valence-electron chi connectivity index (χ2n) is 1.96. The maximum Gasteiger partial charge on any atom is 0.132 e. The first kappa shape index (κ1) is 10.1. The van der Waals surface area contributed by atoms with Crippen LogP contribution in [0.3, 0.4) is 0 Å². The van der Waals surface area contributed by atoms with E-state index in [0.29, 0.717) is 25.5 Å². The normalized spacial score (nSPS) is 13.5. The zero-order valence-electron chi connectivity index (χ0n) is 6.73. The molecule has 0 aromatic heterocycles. The van der Waals surface area contributed by atoms with Crippen LogP contribution in [-0.2, 0) is 4.74 Å². The lowest BCUT2D eigenvalue weighted by molar-refractivity contribution is 0.267. The van der Waals surface area contributed by atoms with Gasteiger partial charge in [-0.05, 0) is 0 Å². The van der Waals surface area contributed by atoms with Crippen molar-refractivity contribution in [2.75, 3.05) is 0 Å². The molecule has 1 nitrogen and oxygen atoms in total. The van der Waals surface area contributed by atoms with Crippen molar-refractivity contribution in [2.24, 2.45) is 0 Å². The molecule has 0 fully saturated rings. The molecule has 0 aliphatic carbocycles. The van der Waals surface area contributed by atoms with Crippen LogP contribution in [0.1, 0.15) is 26.7 Å². The number of halogens is 2. The first-order chi connectivity index (χ1) is 5.28. The molecule has 0 amide bonds. The van der Waals surface area contributed by atoms with Crippen molar-refractivity contribution < 1.29 is 13.5 Å². The summed E-state index contributed by atoms with van der Waals surface area (Å²) in [6.45, 7) is 3.47. The first-order valence-electron chi connectivity index (χ1n) is 3.54. The van der Waals surface area contributed by atoms with Crippen LogP contribution in [0.5, 0.6) is 0 Å². The molecular weight excluding hydrogens is 150 g/mol. The Labute approximate surface area is 65.4 Å². The summed E-state index contributed by atoms with van der Waals surface area (Å²) in [7, 11) is 0. The van der Waals surface area contributed by atoms with Crippen molar-refractivity contribution in [1.29, 1.82) is 0 Å². The molecule has 3 heteroatoms. The van der Waals surface area contributed by atoms with Crippen LogP contribution < -0.4 is 0 Å². The average molecular weight is 162 g/mol. The molecule has 0 rings (SSSR count). The van der Waals surface area contributed by atoms with E-state index in [0.717, 1.165) is 0 Å². The first-order valence-corrected chi connectivity index (χ1v) is 3.54. The Hall–Kier alpha value is -0.860. The molecule has 0 saturated carbocycles. The summed E-state index contributed by atoms with van der Waals surface area (Å²) in [5, 5.41) is 0. The quantitative estimate of drug-likeness (QED) is 0.575. The van der Waals surface area contributed by atoms with Crippen molar-refractivity contribution in [1.82, 2.24) is 0 Å². The van der Waals surface area contributed by atoms with E-state index in [2.05, 4.69) is 0 Å². The minimum Gasteiger partial charge on any atom is -0.461 e. The molecule has 0 aromatic carbocycles. The number of allylic oxidation sites excluding steroid dienone is 2. The van der Waals surface area contributed by atoms with Gasteiger partial charge in [-0.2, -0.15) is 0 Å². The summed E-state index contributed by atoms with van der Waals surface area (Å²) in [4.78, 5) is 0. The monoisotopic (exact) mass is 162 g/mol. The summed E-state index contributed by atoms with van der Waals surface area (Å²) in [6.07, 6.45) is 1.54. The van der Waals surface area contributed by atoms with Crippen LogP contribution in [0, 0.1) is 0 Å². The highest BCUT2D eigenvalue weighted by Crippen LogP contribution is 2.12. The number of ether oxygens (including phenoxy) is 1. The fraction of sp³-hybridized carbons (Fsp3) is 0.500. The third-order valence-electron chi connectivity index (χ3n) is 1.20. The SMILES string of the molecule is CCC(=CF)OC(=CF)CC. The van der Waals surface area contributed by atoms with Gasteiger partial charge in [-0.3, -0.25) is 0 Å². The third-order valence-corrected chi connectivity index (χ3v) is 1.20. The van der Waals surface area contributed by atoms with E-state index < -0.39 is 0 Å². The molecule has 0 radical (unpaired) electrons. The average Bonchev–Trinajstić information content (AvgIpc) is 2.07. The molecule has 0 saturated heterocycles. The van der Waals surface area contributed by atoms with Gasteiger partial charge in [0.25, 0.3) is 0 Å². The lowest BCUT2D eigenvalue weighted by Crippen LogP contribution is -1.89. The van der Waals surface area contributed by atoms with Gasteiger partial charge in [0.05, 0.1) is 0 Å². The molecule has 0 aromatic rings. The van der Waals surface area contributed by atoms with E-state index in [1.54, 1.807) is 13.8 Å². The van der Waals surface area contributed by atoms with Gasteiger partial charge in [0.2, 0.25) is 0 Å². The molecule has 11 heavy (non-hydrogen) atoms. The minimum absolute atomic E-state index is 0.149. The van der Waals surface area contributed by atoms with Crippen molar-refractivity contribution in [2.45, 2.75) is 26.7 Å². The van der Waals surface area contributed by atoms with Crippen LogP contribution >= 0.6 is 0 Å². The minimum atomic E-state index is 0.149. The largest absolute Gasteiger partial charge is 0.461 e. The molecule has 0 aliphatic heterocycles. The highest BCUT2D eigenvalue weighted by atomic mass is 19.1. The van der Waals surface area contributed by atoms with E-state index in [4.69, 9.17) is 4.74 Å². The van der Waals surface area contributed by atoms with Gasteiger partial charge in [0.15, 0.2) is 0 Å². The molecule has 0 aliphatic rings. The van der Waals surface area contributed by atoms with Crippen molar-refractivity contribution in [3.63, 3.8) is 0 Å². The van der Waals surface area contributed by atoms with Crippen LogP contribution in [-0.4, -0.2) is 0 Å².